The van der Waals surface area contributed by atoms with Crippen molar-refractivity contribution in [3.05, 3.63) is 59.7 Å². The van der Waals surface area contributed by atoms with Gasteiger partial charge in [-0.25, -0.2) is 9.59 Å². The number of nitrogens with one attached hydrogen (secondary N) is 2. The molecule has 9 heteroatoms. The van der Waals surface area contributed by atoms with Gasteiger partial charge in [-0.3, -0.25) is 9.59 Å². The van der Waals surface area contributed by atoms with E-state index in [2.05, 4.69) is 27.5 Å². The molecule has 35 heavy (non-hydrogen) atoms. The van der Waals surface area contributed by atoms with Crippen LogP contribution in [0.5, 0.6) is 0 Å². The Hall–Kier alpha value is -3.88. The fourth-order valence-corrected chi connectivity index (χ4v) is 4.90. The lowest BCUT2D eigenvalue weighted by Gasteiger charge is -2.18. The van der Waals surface area contributed by atoms with Gasteiger partial charge in [0.25, 0.3) is 0 Å². The van der Waals surface area contributed by atoms with Gasteiger partial charge >= 0.3 is 18.0 Å². The Kier molecular flexibility index (Phi) is 7.33. The highest BCUT2D eigenvalue weighted by atomic mass is 16.5. The lowest BCUT2D eigenvalue weighted by Crippen LogP contribution is -2.45. The van der Waals surface area contributed by atoms with Gasteiger partial charge in [0.1, 0.15) is 12.6 Å². The number of carbonyl (C=O) groups is 4. The molecule has 0 unspecified atom stereocenters. The van der Waals surface area contributed by atoms with Crippen LogP contribution in [-0.4, -0.2) is 54.8 Å². The van der Waals surface area contributed by atoms with E-state index < -0.39 is 42.3 Å². The van der Waals surface area contributed by atoms with Crippen molar-refractivity contribution in [2.75, 3.05) is 13.7 Å². The van der Waals surface area contributed by atoms with E-state index in [9.17, 15) is 24.3 Å². The Bertz CT molecular complexity index is 1090. The maximum Gasteiger partial charge on any atom is 0.407 e. The smallest absolute Gasteiger partial charge is 0.407 e. The molecule has 0 saturated heterocycles. The highest BCUT2D eigenvalue weighted by Gasteiger charge is 2.34. The third kappa shape index (κ3) is 5.45. The minimum atomic E-state index is -1.36. The van der Waals surface area contributed by atoms with Gasteiger partial charge in [0.2, 0.25) is 5.91 Å². The van der Waals surface area contributed by atoms with Crippen molar-refractivity contribution >= 4 is 23.9 Å². The number of benzene rings is 2. The maximum absolute atomic E-state index is 12.5. The number of hydrogen-bond donors (Lipinski definition) is 3. The zero-order chi connectivity index (χ0) is 24.9. The van der Waals surface area contributed by atoms with Crippen molar-refractivity contribution in [3.8, 4) is 11.1 Å². The third-order valence-corrected chi connectivity index (χ3v) is 6.68. The van der Waals surface area contributed by atoms with E-state index in [1.165, 1.54) is 0 Å². The van der Waals surface area contributed by atoms with E-state index in [1.54, 1.807) is 0 Å². The number of alkyl carbamates (subject to hydrolysis) is 1. The summed E-state index contributed by atoms with van der Waals surface area (Å²) in [7, 11) is 1.15. The van der Waals surface area contributed by atoms with Crippen LogP contribution in [0, 0.1) is 5.92 Å². The minimum absolute atomic E-state index is 0.0435. The summed E-state index contributed by atoms with van der Waals surface area (Å²) in [5.41, 5.74) is 4.54. The second-order valence-electron chi connectivity index (χ2n) is 8.86. The summed E-state index contributed by atoms with van der Waals surface area (Å²) in [6, 6.07) is 14.5. The van der Waals surface area contributed by atoms with Gasteiger partial charge < -0.3 is 25.2 Å². The standard InChI is InChI=1S/C26H28N2O7/c1-34-23(29)13-22(25(31)32)28-24(30)15-10-11-16(12-15)27-26(33)35-14-21-19-8-4-2-6-17(19)18-7-3-5-9-20(18)21/h2-9,15-16,21-22H,10-14H2,1H3,(H,27,33)(H,28,30)(H,31,32)/t15-,16+,22+/m1/s1. The van der Waals surface area contributed by atoms with E-state index >= 15 is 0 Å². The monoisotopic (exact) mass is 480 g/mol. The molecule has 0 bridgehead atoms. The molecule has 184 valence electrons. The maximum atomic E-state index is 12.5. The molecule has 3 N–H and O–H groups in total. The molecular weight excluding hydrogens is 452 g/mol. The number of carbonyl (C=O) groups excluding carboxylic acids is 3. The molecule has 2 aromatic rings. The van der Waals surface area contributed by atoms with E-state index in [1.807, 2.05) is 36.4 Å². The van der Waals surface area contributed by atoms with Crippen LogP contribution in [0.1, 0.15) is 42.7 Å². The van der Waals surface area contributed by atoms with Gasteiger partial charge in [0, 0.05) is 17.9 Å². The molecule has 0 aliphatic heterocycles. The number of aliphatic carboxylic acids is 1. The van der Waals surface area contributed by atoms with Crippen LogP contribution < -0.4 is 10.6 Å². The zero-order valence-electron chi connectivity index (χ0n) is 19.4. The van der Waals surface area contributed by atoms with Crippen LogP contribution in [0.4, 0.5) is 4.79 Å². The number of fused-ring (bicyclic) bond motifs is 3. The molecule has 2 aromatic carbocycles. The summed E-state index contributed by atoms with van der Waals surface area (Å²) in [6.45, 7) is 0.199. The van der Waals surface area contributed by atoms with Crippen molar-refractivity contribution < 1.29 is 33.8 Å². The Morgan fingerprint density at radius 2 is 1.63 bits per heavy atom. The fraction of sp³-hybridized carbons (Fsp3) is 0.385. The summed E-state index contributed by atoms with van der Waals surface area (Å²) in [5.74, 6) is -3.00. The number of ether oxygens (including phenoxy) is 2. The summed E-state index contributed by atoms with van der Waals surface area (Å²) < 4.78 is 10.1. The first-order valence-electron chi connectivity index (χ1n) is 11.6. The molecule has 0 aromatic heterocycles. The largest absolute Gasteiger partial charge is 0.480 e. The van der Waals surface area contributed by atoms with Crippen molar-refractivity contribution in [2.24, 2.45) is 5.92 Å². The number of carboxylic acid groups (broad SMARTS) is 1. The topological polar surface area (TPSA) is 131 Å². The Labute approximate surface area is 202 Å². The number of carboxylic acids is 1. The van der Waals surface area contributed by atoms with Crippen molar-refractivity contribution in [1.82, 2.24) is 10.6 Å². The predicted octanol–water partition coefficient (Wildman–Crippen LogP) is 2.83. The van der Waals surface area contributed by atoms with Gasteiger partial charge in [-0.15, -0.1) is 0 Å². The Morgan fingerprint density at radius 1 is 1.00 bits per heavy atom. The van der Waals surface area contributed by atoms with Crippen LogP contribution in [0.25, 0.3) is 11.1 Å². The molecule has 2 aliphatic carbocycles. The molecule has 9 nitrogen and oxygen atoms in total. The van der Waals surface area contributed by atoms with E-state index in [0.717, 1.165) is 29.4 Å². The second-order valence-corrected chi connectivity index (χ2v) is 8.86. The molecule has 1 saturated carbocycles. The first-order valence-corrected chi connectivity index (χ1v) is 11.6. The molecule has 1 fully saturated rings. The highest BCUT2D eigenvalue weighted by Crippen LogP contribution is 2.44. The summed E-state index contributed by atoms with van der Waals surface area (Å²) in [5, 5.41) is 14.5. The lowest BCUT2D eigenvalue weighted by molar-refractivity contribution is -0.149. The van der Waals surface area contributed by atoms with Crippen molar-refractivity contribution in [3.63, 3.8) is 0 Å². The summed E-state index contributed by atoms with van der Waals surface area (Å²) in [4.78, 5) is 47.8. The average molecular weight is 481 g/mol. The number of methoxy groups -OCH3 is 1. The molecule has 0 spiro atoms. The van der Waals surface area contributed by atoms with Crippen molar-refractivity contribution in [2.45, 2.75) is 43.7 Å². The van der Waals surface area contributed by atoms with Crippen LogP contribution in [0.3, 0.4) is 0 Å². The van der Waals surface area contributed by atoms with Gasteiger partial charge in [-0.05, 0) is 41.5 Å². The number of rotatable bonds is 8. The minimum Gasteiger partial charge on any atom is -0.480 e. The van der Waals surface area contributed by atoms with Gasteiger partial charge in [-0.1, -0.05) is 48.5 Å². The quantitative estimate of drug-likeness (QED) is 0.495. The second kappa shape index (κ2) is 10.6. The number of hydrogen-bond acceptors (Lipinski definition) is 6. The van der Waals surface area contributed by atoms with Crippen LogP contribution >= 0.6 is 0 Å². The molecule has 0 heterocycles. The fourth-order valence-electron chi connectivity index (χ4n) is 4.90. The highest BCUT2D eigenvalue weighted by molar-refractivity contribution is 5.88. The van der Waals surface area contributed by atoms with Gasteiger partial charge in [0.05, 0.1) is 13.5 Å². The summed E-state index contributed by atoms with van der Waals surface area (Å²) in [6.07, 6.45) is 0.417. The normalized spacial score (nSPS) is 19.2. The first-order chi connectivity index (χ1) is 16.9. The van der Waals surface area contributed by atoms with Gasteiger partial charge in [-0.2, -0.15) is 0 Å². The third-order valence-electron chi connectivity index (χ3n) is 6.68. The van der Waals surface area contributed by atoms with Crippen LogP contribution in [0.2, 0.25) is 0 Å². The molecule has 0 radical (unpaired) electrons. The molecular formula is C26H28N2O7. The lowest BCUT2D eigenvalue weighted by atomic mass is 9.98. The Morgan fingerprint density at radius 3 is 2.23 bits per heavy atom. The van der Waals surface area contributed by atoms with E-state index in [0.29, 0.717) is 19.3 Å². The van der Waals surface area contributed by atoms with Crippen LogP contribution in [-0.2, 0) is 23.9 Å². The molecule has 2 amide bonds. The van der Waals surface area contributed by atoms with Crippen LogP contribution in [0.15, 0.2) is 48.5 Å². The molecule has 4 rings (SSSR count). The molecule has 2 aliphatic rings. The predicted molar refractivity (Wildman–Crippen MR) is 126 cm³/mol. The SMILES string of the molecule is COC(=O)C[C@H](NC(=O)[C@@H]1CC[C@H](NC(=O)OCC2c3ccccc3-c3ccccc32)C1)C(=O)O. The number of amides is 2. The van der Waals surface area contributed by atoms with Crippen molar-refractivity contribution in [1.29, 1.82) is 0 Å². The summed E-state index contributed by atoms with van der Waals surface area (Å²) >= 11 is 0. The average Bonchev–Trinajstić information content (AvgIpc) is 3.45. The van der Waals surface area contributed by atoms with E-state index in [-0.39, 0.29) is 18.6 Å². The molecule has 3 atom stereocenters. The number of esters is 1. The first kappa shape index (κ1) is 24.3. The Balaban J connectivity index is 1.28. The zero-order valence-corrected chi connectivity index (χ0v) is 19.4. The van der Waals surface area contributed by atoms with E-state index in [4.69, 9.17) is 4.74 Å². The van der Waals surface area contributed by atoms with Gasteiger partial charge in [0.15, 0.2) is 0 Å².